The Kier molecular flexibility index (Phi) is 7.23. The largest absolute Gasteiger partial charge is 0.367 e. The van der Waals surface area contributed by atoms with Crippen LogP contribution in [0.2, 0.25) is 0 Å². The van der Waals surface area contributed by atoms with Crippen LogP contribution in [-0.2, 0) is 22.6 Å². The molecule has 0 aliphatic carbocycles. The summed E-state index contributed by atoms with van der Waals surface area (Å²) < 4.78 is 5.49. The second-order valence-electron chi connectivity index (χ2n) is 6.88. The maximum Gasteiger partial charge on any atom is 0.250 e. The zero-order valence-electron chi connectivity index (χ0n) is 15.3. The van der Waals surface area contributed by atoms with E-state index in [0.29, 0.717) is 6.61 Å². The van der Waals surface area contributed by atoms with Gasteiger partial charge in [-0.25, -0.2) is 0 Å². The number of rotatable bonds is 8. The summed E-state index contributed by atoms with van der Waals surface area (Å²) >= 11 is 0. The molecule has 1 aliphatic heterocycles. The van der Waals surface area contributed by atoms with Crippen LogP contribution >= 0.6 is 0 Å². The van der Waals surface area contributed by atoms with E-state index in [0.717, 1.165) is 24.2 Å². The fourth-order valence-corrected chi connectivity index (χ4v) is 3.31. The number of hydrogen-bond acceptors (Lipinski definition) is 3. The van der Waals surface area contributed by atoms with E-state index in [1.165, 1.54) is 37.9 Å². The van der Waals surface area contributed by atoms with E-state index in [9.17, 15) is 4.79 Å². The second kappa shape index (κ2) is 10.1. The molecule has 0 atom stereocenters. The Hall–Kier alpha value is -2.17. The molecule has 0 aromatic heterocycles. The van der Waals surface area contributed by atoms with Crippen LogP contribution in [0.25, 0.3) is 0 Å². The molecule has 2 aromatic rings. The van der Waals surface area contributed by atoms with Gasteiger partial charge in [-0.1, -0.05) is 48.9 Å². The summed E-state index contributed by atoms with van der Waals surface area (Å²) in [4.78, 5) is 14.6. The Morgan fingerprint density at radius 2 is 1.73 bits per heavy atom. The number of hydrogen-bond donors (Lipinski definition) is 1. The molecule has 2 aromatic carbocycles. The first-order valence-electron chi connectivity index (χ1n) is 9.52. The van der Waals surface area contributed by atoms with Crippen molar-refractivity contribution in [3.8, 4) is 0 Å². The SMILES string of the molecule is O=C(COCc1ccccc1)Nc1cccc(CCN2CCCCC2)c1. The van der Waals surface area contributed by atoms with Crippen molar-refractivity contribution in [1.29, 1.82) is 0 Å². The summed E-state index contributed by atoms with van der Waals surface area (Å²) in [7, 11) is 0. The predicted octanol–water partition coefficient (Wildman–Crippen LogP) is 3.87. The predicted molar refractivity (Wildman–Crippen MR) is 105 cm³/mol. The van der Waals surface area contributed by atoms with Crippen LogP contribution in [0.4, 0.5) is 5.69 Å². The Morgan fingerprint density at radius 3 is 2.54 bits per heavy atom. The number of nitrogens with one attached hydrogen (secondary N) is 1. The van der Waals surface area contributed by atoms with Crippen LogP contribution in [0.15, 0.2) is 54.6 Å². The van der Waals surface area contributed by atoms with Gasteiger partial charge in [0.25, 0.3) is 0 Å². The molecule has 0 bridgehead atoms. The summed E-state index contributed by atoms with van der Waals surface area (Å²) in [5.41, 5.74) is 3.17. The highest BCUT2D eigenvalue weighted by Gasteiger charge is 2.10. The van der Waals surface area contributed by atoms with Gasteiger partial charge in [-0.05, 0) is 55.6 Å². The van der Waals surface area contributed by atoms with Crippen LogP contribution in [0, 0.1) is 0 Å². The first-order chi connectivity index (χ1) is 12.8. The van der Waals surface area contributed by atoms with E-state index >= 15 is 0 Å². The van der Waals surface area contributed by atoms with Crippen molar-refractivity contribution in [1.82, 2.24) is 4.90 Å². The fraction of sp³-hybridized carbons (Fsp3) is 0.409. The highest BCUT2D eigenvalue weighted by Crippen LogP contribution is 2.14. The molecule has 1 aliphatic rings. The van der Waals surface area contributed by atoms with E-state index in [-0.39, 0.29) is 12.5 Å². The highest BCUT2D eigenvalue weighted by atomic mass is 16.5. The standard InChI is InChI=1S/C22H28N2O2/c25-22(18-26-17-20-8-3-1-4-9-20)23-21-11-7-10-19(16-21)12-15-24-13-5-2-6-14-24/h1,3-4,7-11,16H,2,5-6,12-15,17-18H2,(H,23,25). The number of carbonyl (C=O) groups is 1. The molecule has 0 spiro atoms. The number of piperidine rings is 1. The quantitative estimate of drug-likeness (QED) is 0.784. The van der Waals surface area contributed by atoms with Gasteiger partial charge in [0.1, 0.15) is 6.61 Å². The molecule has 1 N–H and O–H groups in total. The molecule has 1 heterocycles. The van der Waals surface area contributed by atoms with Gasteiger partial charge in [0.2, 0.25) is 5.91 Å². The van der Waals surface area contributed by atoms with Crippen molar-refractivity contribution in [3.05, 3.63) is 65.7 Å². The molecule has 4 heteroatoms. The molecule has 4 nitrogen and oxygen atoms in total. The Morgan fingerprint density at radius 1 is 0.962 bits per heavy atom. The molecular formula is C22H28N2O2. The minimum Gasteiger partial charge on any atom is -0.367 e. The average molecular weight is 352 g/mol. The Labute approximate surface area is 156 Å². The van der Waals surface area contributed by atoms with Gasteiger partial charge in [-0.2, -0.15) is 0 Å². The highest BCUT2D eigenvalue weighted by molar-refractivity contribution is 5.91. The maximum atomic E-state index is 12.1. The number of nitrogens with zero attached hydrogens (tertiary/aromatic N) is 1. The lowest BCUT2D eigenvalue weighted by molar-refractivity contribution is -0.121. The normalized spacial score (nSPS) is 14.9. The molecule has 1 amide bonds. The fourth-order valence-electron chi connectivity index (χ4n) is 3.31. The smallest absolute Gasteiger partial charge is 0.250 e. The number of likely N-dealkylation sites (tertiary alicyclic amines) is 1. The van der Waals surface area contributed by atoms with Gasteiger partial charge in [-0.15, -0.1) is 0 Å². The Balaban J connectivity index is 1.41. The van der Waals surface area contributed by atoms with Gasteiger partial charge in [0.05, 0.1) is 6.61 Å². The van der Waals surface area contributed by atoms with Crippen LogP contribution < -0.4 is 5.32 Å². The lowest BCUT2D eigenvalue weighted by atomic mass is 10.1. The van der Waals surface area contributed by atoms with E-state index < -0.39 is 0 Å². The molecular weight excluding hydrogens is 324 g/mol. The summed E-state index contributed by atoms with van der Waals surface area (Å²) in [6.07, 6.45) is 5.02. The van der Waals surface area contributed by atoms with Crippen molar-refractivity contribution in [3.63, 3.8) is 0 Å². The lowest BCUT2D eigenvalue weighted by Crippen LogP contribution is -2.31. The zero-order valence-corrected chi connectivity index (χ0v) is 15.3. The Bertz CT molecular complexity index is 682. The third kappa shape index (κ3) is 6.28. The summed E-state index contributed by atoms with van der Waals surface area (Å²) in [6, 6.07) is 18.0. The molecule has 3 rings (SSSR count). The van der Waals surface area contributed by atoms with Crippen molar-refractivity contribution in [2.75, 3.05) is 31.6 Å². The van der Waals surface area contributed by atoms with E-state index in [1.807, 2.05) is 42.5 Å². The van der Waals surface area contributed by atoms with E-state index in [2.05, 4.69) is 22.3 Å². The lowest BCUT2D eigenvalue weighted by Gasteiger charge is -2.26. The number of anilines is 1. The van der Waals surface area contributed by atoms with Crippen molar-refractivity contribution >= 4 is 11.6 Å². The first kappa shape index (κ1) is 18.6. The topological polar surface area (TPSA) is 41.6 Å². The molecule has 0 radical (unpaired) electrons. The number of amides is 1. The third-order valence-electron chi connectivity index (χ3n) is 4.72. The second-order valence-corrected chi connectivity index (χ2v) is 6.88. The van der Waals surface area contributed by atoms with Crippen LogP contribution in [0.5, 0.6) is 0 Å². The molecule has 0 unspecified atom stereocenters. The van der Waals surface area contributed by atoms with Gasteiger partial charge >= 0.3 is 0 Å². The molecule has 1 saturated heterocycles. The zero-order chi connectivity index (χ0) is 18.0. The average Bonchev–Trinajstić information content (AvgIpc) is 2.68. The van der Waals surface area contributed by atoms with Gasteiger partial charge < -0.3 is 15.0 Å². The van der Waals surface area contributed by atoms with Gasteiger partial charge in [0, 0.05) is 12.2 Å². The number of ether oxygens (including phenoxy) is 1. The number of carbonyl (C=O) groups excluding carboxylic acids is 1. The summed E-state index contributed by atoms with van der Waals surface area (Å²) in [6.45, 7) is 4.04. The van der Waals surface area contributed by atoms with Gasteiger partial charge in [-0.3, -0.25) is 4.79 Å². The summed E-state index contributed by atoms with van der Waals surface area (Å²) in [5.74, 6) is -0.117. The van der Waals surface area contributed by atoms with Gasteiger partial charge in [0.15, 0.2) is 0 Å². The molecule has 26 heavy (non-hydrogen) atoms. The van der Waals surface area contributed by atoms with Crippen LogP contribution in [-0.4, -0.2) is 37.0 Å². The van der Waals surface area contributed by atoms with E-state index in [1.54, 1.807) is 0 Å². The molecule has 138 valence electrons. The van der Waals surface area contributed by atoms with Crippen LogP contribution in [0.1, 0.15) is 30.4 Å². The summed E-state index contributed by atoms with van der Waals surface area (Å²) in [5, 5.41) is 2.93. The van der Waals surface area contributed by atoms with Crippen molar-refractivity contribution in [2.24, 2.45) is 0 Å². The third-order valence-corrected chi connectivity index (χ3v) is 4.72. The first-order valence-corrected chi connectivity index (χ1v) is 9.52. The maximum absolute atomic E-state index is 12.1. The van der Waals surface area contributed by atoms with E-state index in [4.69, 9.17) is 4.74 Å². The van der Waals surface area contributed by atoms with Crippen LogP contribution in [0.3, 0.4) is 0 Å². The minimum absolute atomic E-state index is 0.0624. The minimum atomic E-state index is -0.117. The van der Waals surface area contributed by atoms with Crippen molar-refractivity contribution < 1.29 is 9.53 Å². The number of benzene rings is 2. The molecule has 0 saturated carbocycles. The van der Waals surface area contributed by atoms with Crippen molar-refractivity contribution in [2.45, 2.75) is 32.3 Å². The molecule has 1 fully saturated rings. The monoisotopic (exact) mass is 352 g/mol.